The van der Waals surface area contributed by atoms with Gasteiger partial charge in [-0.15, -0.1) is 0 Å². The Hall–Kier alpha value is -3.88. The van der Waals surface area contributed by atoms with Crippen LogP contribution in [0.3, 0.4) is 0 Å². The highest BCUT2D eigenvalue weighted by Gasteiger charge is 2.45. The number of benzene rings is 1. The number of amides is 1. The van der Waals surface area contributed by atoms with E-state index in [1.165, 1.54) is 7.11 Å². The zero-order chi connectivity index (χ0) is 23.9. The van der Waals surface area contributed by atoms with Crippen LogP contribution in [0.25, 0.3) is 5.82 Å². The zero-order valence-corrected chi connectivity index (χ0v) is 19.4. The molecule has 34 heavy (non-hydrogen) atoms. The molecule has 0 aliphatic carbocycles. The standard InChI is InChI=1S/C25H26N4O5/c1-16-18(15-27-29(16)22-6-4-5-9-26-22)24(31)28-10-7-25(8-11-28)14-19(30)23-20(33-3)12-17(32-2)13-21(23)34-25/h4-6,9,12-13,15H,7-8,10-11,14H2,1-3H3. The maximum atomic E-state index is 13.3. The van der Waals surface area contributed by atoms with Gasteiger partial charge >= 0.3 is 0 Å². The Kier molecular flexibility index (Phi) is 5.47. The first-order valence-corrected chi connectivity index (χ1v) is 11.2. The molecule has 4 heterocycles. The Labute approximate surface area is 197 Å². The summed E-state index contributed by atoms with van der Waals surface area (Å²) in [6.45, 7) is 2.83. The van der Waals surface area contributed by atoms with Crippen molar-refractivity contribution in [1.82, 2.24) is 19.7 Å². The monoisotopic (exact) mass is 462 g/mol. The molecule has 0 bridgehead atoms. The van der Waals surface area contributed by atoms with Crippen molar-refractivity contribution in [1.29, 1.82) is 0 Å². The van der Waals surface area contributed by atoms with E-state index < -0.39 is 5.60 Å². The van der Waals surface area contributed by atoms with E-state index in [1.807, 2.05) is 25.1 Å². The third-order valence-electron chi connectivity index (χ3n) is 6.65. The second kappa shape index (κ2) is 8.48. The van der Waals surface area contributed by atoms with Crippen molar-refractivity contribution < 1.29 is 23.8 Å². The Balaban J connectivity index is 1.33. The fourth-order valence-electron chi connectivity index (χ4n) is 4.75. The Morgan fingerprint density at radius 3 is 2.62 bits per heavy atom. The summed E-state index contributed by atoms with van der Waals surface area (Å²) in [5.41, 5.74) is 1.08. The van der Waals surface area contributed by atoms with E-state index in [0.717, 1.165) is 5.69 Å². The van der Waals surface area contributed by atoms with Crippen LogP contribution < -0.4 is 14.2 Å². The molecule has 1 saturated heterocycles. The molecule has 0 atom stereocenters. The van der Waals surface area contributed by atoms with Gasteiger partial charge in [-0.3, -0.25) is 9.59 Å². The average molecular weight is 463 g/mol. The molecule has 0 unspecified atom stereocenters. The SMILES string of the molecule is COc1cc(OC)c2c(c1)OC1(CCN(C(=O)c3cnn(-c4ccccn4)c3C)CC1)CC2=O. The van der Waals surface area contributed by atoms with Crippen LogP contribution in [0.2, 0.25) is 0 Å². The molecule has 3 aromatic rings. The number of ketones is 1. The van der Waals surface area contributed by atoms with Crippen molar-refractivity contribution in [2.24, 2.45) is 0 Å². The molecule has 9 heteroatoms. The molecule has 2 aliphatic rings. The van der Waals surface area contributed by atoms with E-state index >= 15 is 0 Å². The van der Waals surface area contributed by atoms with Crippen LogP contribution >= 0.6 is 0 Å². The lowest BCUT2D eigenvalue weighted by atomic mass is 9.82. The fraction of sp³-hybridized carbons (Fsp3) is 0.360. The normalized spacial score (nSPS) is 16.7. The van der Waals surface area contributed by atoms with Crippen LogP contribution in [0.5, 0.6) is 17.2 Å². The van der Waals surface area contributed by atoms with Crippen LogP contribution in [-0.2, 0) is 0 Å². The average Bonchev–Trinajstić information content (AvgIpc) is 3.24. The smallest absolute Gasteiger partial charge is 0.257 e. The molecule has 1 fully saturated rings. The second-order valence-electron chi connectivity index (χ2n) is 8.62. The number of carbonyl (C=O) groups is 2. The molecular formula is C25H26N4O5. The fourth-order valence-corrected chi connectivity index (χ4v) is 4.75. The van der Waals surface area contributed by atoms with Gasteiger partial charge in [0.25, 0.3) is 5.91 Å². The number of methoxy groups -OCH3 is 2. The predicted molar refractivity (Wildman–Crippen MR) is 123 cm³/mol. The van der Waals surface area contributed by atoms with Gasteiger partial charge in [0.2, 0.25) is 0 Å². The summed E-state index contributed by atoms with van der Waals surface area (Å²) < 4.78 is 18.8. The number of Topliss-reactive ketones (excluding diaryl/α,β-unsaturated/α-hetero) is 1. The highest BCUT2D eigenvalue weighted by molar-refractivity contribution is 6.03. The minimum atomic E-state index is -0.647. The van der Waals surface area contributed by atoms with E-state index in [-0.39, 0.29) is 18.1 Å². The molecule has 176 valence electrons. The summed E-state index contributed by atoms with van der Waals surface area (Å²) in [6.07, 6.45) is 4.64. The lowest BCUT2D eigenvalue weighted by molar-refractivity contribution is -0.00611. The van der Waals surface area contributed by atoms with Crippen LogP contribution in [0.15, 0.2) is 42.7 Å². The number of hydrogen-bond donors (Lipinski definition) is 0. The maximum absolute atomic E-state index is 13.3. The summed E-state index contributed by atoms with van der Waals surface area (Å²) in [5.74, 6) is 2.04. The zero-order valence-electron chi connectivity index (χ0n) is 19.4. The van der Waals surface area contributed by atoms with Gasteiger partial charge in [0, 0.05) is 44.3 Å². The number of ether oxygens (including phenoxy) is 3. The molecule has 9 nitrogen and oxygen atoms in total. The van der Waals surface area contributed by atoms with Crippen molar-refractivity contribution in [2.45, 2.75) is 31.8 Å². The van der Waals surface area contributed by atoms with Gasteiger partial charge in [-0.2, -0.15) is 5.10 Å². The van der Waals surface area contributed by atoms with E-state index in [1.54, 1.807) is 41.2 Å². The highest BCUT2D eigenvalue weighted by Crippen LogP contribution is 2.44. The predicted octanol–water partition coefficient (Wildman–Crippen LogP) is 3.23. The number of aromatic nitrogens is 3. The van der Waals surface area contributed by atoms with E-state index in [2.05, 4.69) is 10.1 Å². The quantitative estimate of drug-likeness (QED) is 0.587. The first-order valence-electron chi connectivity index (χ1n) is 11.2. The summed E-state index contributed by atoms with van der Waals surface area (Å²) in [5, 5.41) is 4.37. The van der Waals surface area contributed by atoms with Gasteiger partial charge in [0.05, 0.1) is 38.1 Å². The largest absolute Gasteiger partial charge is 0.496 e. The number of pyridine rings is 1. The van der Waals surface area contributed by atoms with Crippen LogP contribution in [0.4, 0.5) is 0 Å². The van der Waals surface area contributed by atoms with Gasteiger partial charge in [-0.1, -0.05) is 6.07 Å². The number of carbonyl (C=O) groups excluding carboxylic acids is 2. The molecule has 1 amide bonds. The topological polar surface area (TPSA) is 95.8 Å². The van der Waals surface area contributed by atoms with Gasteiger partial charge < -0.3 is 19.1 Å². The van der Waals surface area contributed by atoms with Gasteiger partial charge in [0.1, 0.15) is 28.4 Å². The van der Waals surface area contributed by atoms with Crippen molar-refractivity contribution in [2.75, 3.05) is 27.3 Å². The first kappa shape index (κ1) is 21.9. The molecule has 5 rings (SSSR count). The molecule has 1 spiro atoms. The van der Waals surface area contributed by atoms with Crippen LogP contribution in [0, 0.1) is 6.92 Å². The third-order valence-corrected chi connectivity index (χ3v) is 6.65. The molecule has 0 N–H and O–H groups in total. The van der Waals surface area contributed by atoms with Crippen molar-refractivity contribution in [3.05, 3.63) is 59.5 Å². The molecule has 2 aromatic heterocycles. The highest BCUT2D eigenvalue weighted by atomic mass is 16.5. The minimum Gasteiger partial charge on any atom is -0.496 e. The Morgan fingerprint density at radius 2 is 1.94 bits per heavy atom. The van der Waals surface area contributed by atoms with Crippen molar-refractivity contribution in [3.63, 3.8) is 0 Å². The lowest BCUT2D eigenvalue weighted by Gasteiger charge is -2.44. The second-order valence-corrected chi connectivity index (χ2v) is 8.62. The van der Waals surface area contributed by atoms with Gasteiger partial charge in [0.15, 0.2) is 11.6 Å². The molecule has 0 saturated carbocycles. The van der Waals surface area contributed by atoms with Crippen LogP contribution in [-0.4, -0.2) is 64.3 Å². The minimum absolute atomic E-state index is 0.0204. The first-order chi connectivity index (χ1) is 16.4. The van der Waals surface area contributed by atoms with Crippen molar-refractivity contribution in [3.8, 4) is 23.1 Å². The van der Waals surface area contributed by atoms with Crippen LogP contribution in [0.1, 0.15) is 45.7 Å². The van der Waals surface area contributed by atoms with Crippen molar-refractivity contribution >= 4 is 11.7 Å². The van der Waals surface area contributed by atoms with Gasteiger partial charge in [-0.05, 0) is 19.1 Å². The van der Waals surface area contributed by atoms with E-state index in [0.29, 0.717) is 60.1 Å². The molecule has 1 aromatic carbocycles. The number of likely N-dealkylation sites (tertiary alicyclic amines) is 1. The number of rotatable bonds is 4. The van der Waals surface area contributed by atoms with Gasteiger partial charge in [-0.25, -0.2) is 9.67 Å². The molecule has 2 aliphatic heterocycles. The number of nitrogens with zero attached hydrogens (tertiary/aromatic N) is 4. The number of piperidine rings is 1. The molecule has 0 radical (unpaired) electrons. The summed E-state index contributed by atoms with van der Waals surface area (Å²) in [7, 11) is 3.08. The summed E-state index contributed by atoms with van der Waals surface area (Å²) >= 11 is 0. The lowest BCUT2D eigenvalue weighted by Crippen LogP contribution is -2.52. The summed E-state index contributed by atoms with van der Waals surface area (Å²) in [6, 6.07) is 8.97. The Bertz CT molecular complexity index is 1250. The summed E-state index contributed by atoms with van der Waals surface area (Å²) in [4.78, 5) is 32.4. The number of hydrogen-bond acceptors (Lipinski definition) is 7. The van der Waals surface area contributed by atoms with E-state index in [4.69, 9.17) is 14.2 Å². The number of fused-ring (bicyclic) bond motifs is 1. The maximum Gasteiger partial charge on any atom is 0.257 e. The third kappa shape index (κ3) is 3.67. The van der Waals surface area contributed by atoms with E-state index in [9.17, 15) is 9.59 Å². The Morgan fingerprint density at radius 1 is 1.15 bits per heavy atom. The molecular weight excluding hydrogens is 436 g/mol.